The minimum atomic E-state index is 0.0302. The molecular weight excluding hydrogens is 294 g/mol. The molecule has 1 fully saturated rings. The van der Waals surface area contributed by atoms with Crippen LogP contribution in [0.15, 0.2) is 18.2 Å². The van der Waals surface area contributed by atoms with Crippen LogP contribution in [0.2, 0.25) is 0 Å². The fourth-order valence-corrected chi connectivity index (χ4v) is 3.22. The molecule has 0 radical (unpaired) electrons. The fraction of sp³-hybridized carbons (Fsp3) is 0.588. The Balaban J connectivity index is 1.90. The number of rotatable bonds is 6. The van der Waals surface area contributed by atoms with Gasteiger partial charge in [0.15, 0.2) is 17.5 Å². The summed E-state index contributed by atoms with van der Waals surface area (Å²) >= 11 is 0. The maximum atomic E-state index is 11.8. The molecule has 1 aliphatic rings. The summed E-state index contributed by atoms with van der Waals surface area (Å²) < 4.78 is 10.7. The molecule has 0 unspecified atom stereocenters. The first kappa shape index (κ1) is 17.6. The van der Waals surface area contributed by atoms with Crippen LogP contribution in [0.25, 0.3) is 0 Å². The minimum absolute atomic E-state index is 0.0302. The first-order chi connectivity index (χ1) is 11.1. The van der Waals surface area contributed by atoms with E-state index in [1.807, 2.05) is 13.0 Å². The zero-order valence-corrected chi connectivity index (χ0v) is 14.6. The number of quaternary nitrogens is 2. The van der Waals surface area contributed by atoms with Gasteiger partial charge < -0.3 is 24.6 Å². The van der Waals surface area contributed by atoms with Crippen LogP contribution >= 0.6 is 0 Å². The number of piperazine rings is 1. The number of carbonyl (C=O) groups excluding carboxylic acids is 1. The summed E-state index contributed by atoms with van der Waals surface area (Å²) in [5.41, 5.74) is 1.25. The van der Waals surface area contributed by atoms with Gasteiger partial charge in [0.2, 0.25) is 0 Å². The number of ether oxygens (including phenoxy) is 2. The number of nitrogens with one attached hydrogen (secondary N) is 3. The molecule has 2 rings (SSSR count). The Morgan fingerprint density at radius 3 is 2.39 bits per heavy atom. The van der Waals surface area contributed by atoms with Gasteiger partial charge in [0.05, 0.1) is 14.2 Å². The topological polar surface area (TPSA) is 56.4 Å². The van der Waals surface area contributed by atoms with Crippen LogP contribution in [0.3, 0.4) is 0 Å². The molecule has 6 heteroatoms. The molecule has 1 atom stereocenters. The predicted octanol–water partition coefficient (Wildman–Crippen LogP) is -1.88. The lowest BCUT2D eigenvalue weighted by Crippen LogP contribution is -3.29. The van der Waals surface area contributed by atoms with Crippen molar-refractivity contribution in [2.45, 2.75) is 19.5 Å². The average molecular weight is 323 g/mol. The van der Waals surface area contributed by atoms with Crippen molar-refractivity contribution in [3.63, 3.8) is 0 Å². The van der Waals surface area contributed by atoms with E-state index in [0.717, 1.165) is 44.2 Å². The summed E-state index contributed by atoms with van der Waals surface area (Å²) in [6, 6.07) is 6.14. The molecule has 0 spiro atoms. The normalized spacial score (nSPS) is 22.3. The molecule has 1 amide bonds. The van der Waals surface area contributed by atoms with Gasteiger partial charge in [-0.05, 0) is 25.1 Å². The molecule has 1 aromatic rings. The van der Waals surface area contributed by atoms with Crippen LogP contribution in [-0.4, -0.2) is 59.4 Å². The van der Waals surface area contributed by atoms with Crippen molar-refractivity contribution in [3.05, 3.63) is 23.8 Å². The lowest BCUT2D eigenvalue weighted by atomic mass is 10.1. The molecule has 1 saturated heterocycles. The van der Waals surface area contributed by atoms with Crippen molar-refractivity contribution in [2.75, 3.05) is 47.4 Å². The van der Waals surface area contributed by atoms with Crippen LogP contribution < -0.4 is 24.6 Å². The molecule has 1 heterocycles. The van der Waals surface area contributed by atoms with Crippen molar-refractivity contribution in [3.8, 4) is 11.5 Å². The first-order valence-corrected chi connectivity index (χ1v) is 8.19. The molecule has 23 heavy (non-hydrogen) atoms. The Bertz CT molecular complexity index is 528. The second kappa shape index (κ2) is 8.17. The number of methoxy groups -OCH3 is 2. The van der Waals surface area contributed by atoms with Crippen molar-refractivity contribution in [1.29, 1.82) is 0 Å². The Kier molecular flexibility index (Phi) is 6.24. The number of hydrogen-bond donors (Lipinski definition) is 3. The van der Waals surface area contributed by atoms with Gasteiger partial charge in [-0.1, -0.05) is 0 Å². The number of hydrogen-bond acceptors (Lipinski definition) is 3. The second-order valence-electron chi connectivity index (χ2n) is 6.11. The molecule has 1 aromatic carbocycles. The van der Waals surface area contributed by atoms with Gasteiger partial charge in [-0.3, -0.25) is 4.79 Å². The molecule has 0 saturated carbocycles. The molecular formula is C17H29N3O3+2. The van der Waals surface area contributed by atoms with E-state index in [4.69, 9.17) is 9.47 Å². The van der Waals surface area contributed by atoms with Crippen LogP contribution in [0.1, 0.15) is 12.5 Å². The molecule has 128 valence electrons. The molecule has 3 N–H and O–H groups in total. The Hall–Kier alpha value is -1.79. The van der Waals surface area contributed by atoms with E-state index in [2.05, 4.69) is 17.4 Å². The van der Waals surface area contributed by atoms with Crippen LogP contribution in [0, 0.1) is 0 Å². The second-order valence-corrected chi connectivity index (χ2v) is 6.11. The van der Waals surface area contributed by atoms with Gasteiger partial charge >= 0.3 is 0 Å². The van der Waals surface area contributed by atoms with Crippen molar-refractivity contribution in [1.82, 2.24) is 5.32 Å². The van der Waals surface area contributed by atoms with Gasteiger partial charge in [0, 0.05) is 12.6 Å². The summed E-state index contributed by atoms with van der Waals surface area (Å²) in [5, 5.41) is 2.74. The Labute approximate surface area is 138 Å². The van der Waals surface area contributed by atoms with Crippen molar-refractivity contribution < 1.29 is 24.1 Å². The maximum absolute atomic E-state index is 11.8. The van der Waals surface area contributed by atoms with E-state index in [-0.39, 0.29) is 11.9 Å². The Morgan fingerprint density at radius 2 is 1.83 bits per heavy atom. The summed E-state index contributed by atoms with van der Waals surface area (Å²) in [6.45, 7) is 7.18. The number of amides is 1. The highest BCUT2D eigenvalue weighted by atomic mass is 16.5. The van der Waals surface area contributed by atoms with Crippen molar-refractivity contribution >= 4 is 5.91 Å². The summed E-state index contributed by atoms with van der Waals surface area (Å²) in [7, 11) is 5.02. The zero-order valence-electron chi connectivity index (χ0n) is 14.6. The number of benzene rings is 1. The maximum Gasteiger partial charge on any atom is 0.277 e. The number of carbonyl (C=O) groups is 1. The minimum Gasteiger partial charge on any atom is -0.493 e. The molecule has 0 bridgehead atoms. The van der Waals surface area contributed by atoms with E-state index >= 15 is 0 Å². The van der Waals surface area contributed by atoms with Gasteiger partial charge in [-0.2, -0.15) is 0 Å². The van der Waals surface area contributed by atoms with Gasteiger partial charge in [0.1, 0.15) is 32.7 Å². The summed E-state index contributed by atoms with van der Waals surface area (Å²) in [4.78, 5) is 14.7. The fourth-order valence-electron chi connectivity index (χ4n) is 3.22. The quantitative estimate of drug-likeness (QED) is 0.574. The van der Waals surface area contributed by atoms with Crippen molar-refractivity contribution in [2.24, 2.45) is 0 Å². The van der Waals surface area contributed by atoms with E-state index in [1.54, 1.807) is 26.2 Å². The highest BCUT2D eigenvalue weighted by molar-refractivity contribution is 5.79. The largest absolute Gasteiger partial charge is 0.493 e. The summed E-state index contributed by atoms with van der Waals surface area (Å²) in [5.74, 6) is 1.67. The highest BCUT2D eigenvalue weighted by Crippen LogP contribution is 2.27. The molecule has 6 nitrogen and oxygen atoms in total. The van der Waals surface area contributed by atoms with Gasteiger partial charge in [0.25, 0.3) is 5.91 Å². The Morgan fingerprint density at radius 1 is 1.17 bits per heavy atom. The van der Waals surface area contributed by atoms with E-state index < -0.39 is 0 Å². The monoisotopic (exact) mass is 323 g/mol. The third-order valence-corrected chi connectivity index (χ3v) is 4.75. The van der Waals surface area contributed by atoms with Crippen LogP contribution in [-0.2, 0) is 11.3 Å². The summed E-state index contributed by atoms with van der Waals surface area (Å²) in [6.07, 6.45) is 0. The highest BCUT2D eigenvalue weighted by Gasteiger charge is 2.30. The van der Waals surface area contributed by atoms with E-state index in [9.17, 15) is 4.79 Å². The smallest absolute Gasteiger partial charge is 0.277 e. The van der Waals surface area contributed by atoms with E-state index in [1.165, 1.54) is 10.5 Å². The number of likely N-dealkylation sites (N-methyl/N-ethyl adjacent to an activating group) is 1. The van der Waals surface area contributed by atoms with Crippen LogP contribution in [0.4, 0.5) is 0 Å². The van der Waals surface area contributed by atoms with Gasteiger partial charge in [-0.15, -0.1) is 0 Å². The predicted molar refractivity (Wildman–Crippen MR) is 88.2 cm³/mol. The first-order valence-electron chi connectivity index (χ1n) is 8.19. The third-order valence-electron chi connectivity index (χ3n) is 4.75. The lowest BCUT2D eigenvalue weighted by Gasteiger charge is -2.32. The van der Waals surface area contributed by atoms with Crippen LogP contribution in [0.5, 0.6) is 11.5 Å². The molecule has 0 aromatic heterocycles. The SMILES string of the molecule is CNC(=O)[C@@H](C)[NH+]1CC[NH+](Cc2ccc(OC)c(OC)c2)CC1. The molecule has 1 aliphatic heterocycles. The van der Waals surface area contributed by atoms with Gasteiger partial charge in [-0.25, -0.2) is 0 Å². The zero-order chi connectivity index (χ0) is 16.8. The average Bonchev–Trinajstić information content (AvgIpc) is 2.60. The lowest BCUT2D eigenvalue weighted by molar-refractivity contribution is -1.02. The standard InChI is InChI=1S/C17H27N3O3/c1-13(17(21)18-2)20-9-7-19(8-10-20)12-14-5-6-15(22-3)16(11-14)23-4/h5-6,11,13H,7-10,12H2,1-4H3,(H,18,21)/p+2/t13-/m1/s1. The third kappa shape index (κ3) is 4.36. The molecule has 0 aliphatic carbocycles. The van der Waals surface area contributed by atoms with E-state index in [0.29, 0.717) is 0 Å².